The van der Waals surface area contributed by atoms with Gasteiger partial charge < -0.3 is 10.4 Å². The Morgan fingerprint density at radius 1 is 1.59 bits per heavy atom. The fourth-order valence-corrected chi connectivity index (χ4v) is 2.45. The number of amides is 1. The Balaban J connectivity index is 2.85. The Morgan fingerprint density at radius 3 is 2.76 bits per heavy atom. The van der Waals surface area contributed by atoms with E-state index in [0.29, 0.717) is 19.5 Å². The number of hydrogen-bond donors (Lipinski definition) is 2. The molecule has 1 rings (SSSR count). The monoisotopic (exact) mass is 242 g/mol. The minimum Gasteiger partial charge on any atom is -0.480 e. The summed E-state index contributed by atoms with van der Waals surface area (Å²) in [6, 6.07) is 0.0219. The van der Waals surface area contributed by atoms with Crippen molar-refractivity contribution in [3.63, 3.8) is 0 Å². The first-order chi connectivity index (χ1) is 7.89. The molecule has 98 valence electrons. The second-order valence-electron chi connectivity index (χ2n) is 5.00. The van der Waals surface area contributed by atoms with Gasteiger partial charge in [-0.3, -0.25) is 14.5 Å². The third-order valence-corrected chi connectivity index (χ3v) is 3.48. The number of aliphatic carboxylic acids is 1. The first kappa shape index (κ1) is 14.0. The highest BCUT2D eigenvalue weighted by Gasteiger charge is 2.38. The average molecular weight is 242 g/mol. The largest absolute Gasteiger partial charge is 0.480 e. The third-order valence-electron chi connectivity index (χ3n) is 3.48. The predicted octanol–water partition coefficient (Wildman–Crippen LogP) is 0.840. The van der Waals surface area contributed by atoms with Gasteiger partial charge in [-0.05, 0) is 33.2 Å². The van der Waals surface area contributed by atoms with E-state index in [1.807, 2.05) is 11.8 Å². The van der Waals surface area contributed by atoms with Gasteiger partial charge in [0.2, 0.25) is 5.91 Å². The summed E-state index contributed by atoms with van der Waals surface area (Å²) in [6.07, 6.45) is 2.16. The number of nitrogens with zero attached hydrogens (tertiary/aromatic N) is 1. The molecule has 1 unspecified atom stereocenters. The minimum atomic E-state index is -0.927. The number of rotatable bonds is 4. The van der Waals surface area contributed by atoms with Gasteiger partial charge in [0.1, 0.15) is 5.54 Å². The summed E-state index contributed by atoms with van der Waals surface area (Å²) in [5.74, 6) is -0.823. The van der Waals surface area contributed by atoms with Crippen LogP contribution in [0, 0.1) is 0 Å². The molecule has 5 heteroatoms. The van der Waals surface area contributed by atoms with Crippen LogP contribution in [0.5, 0.6) is 0 Å². The first-order valence-electron chi connectivity index (χ1n) is 6.16. The zero-order valence-electron chi connectivity index (χ0n) is 10.8. The van der Waals surface area contributed by atoms with Crippen molar-refractivity contribution in [3.05, 3.63) is 0 Å². The molecule has 5 nitrogen and oxygen atoms in total. The van der Waals surface area contributed by atoms with E-state index in [2.05, 4.69) is 5.32 Å². The van der Waals surface area contributed by atoms with Crippen molar-refractivity contribution >= 4 is 11.9 Å². The summed E-state index contributed by atoms with van der Waals surface area (Å²) in [5, 5.41) is 12.1. The first-order valence-corrected chi connectivity index (χ1v) is 6.16. The fraction of sp³-hybridized carbons (Fsp3) is 0.833. The topological polar surface area (TPSA) is 69.6 Å². The van der Waals surface area contributed by atoms with E-state index in [-0.39, 0.29) is 11.9 Å². The summed E-state index contributed by atoms with van der Waals surface area (Å²) in [6.45, 7) is 6.66. The molecule has 2 N–H and O–H groups in total. The number of carboxylic acids is 1. The van der Waals surface area contributed by atoms with Gasteiger partial charge in [-0.15, -0.1) is 0 Å². The summed E-state index contributed by atoms with van der Waals surface area (Å²) < 4.78 is 0. The molecule has 0 aromatic carbocycles. The van der Waals surface area contributed by atoms with Gasteiger partial charge in [0.25, 0.3) is 0 Å². The molecule has 17 heavy (non-hydrogen) atoms. The van der Waals surface area contributed by atoms with Gasteiger partial charge >= 0.3 is 5.97 Å². The lowest BCUT2D eigenvalue weighted by Gasteiger charge is -2.39. The molecule has 1 aliphatic rings. The summed E-state index contributed by atoms with van der Waals surface area (Å²) in [4.78, 5) is 24.7. The molecule has 1 atom stereocenters. The van der Waals surface area contributed by atoms with Gasteiger partial charge in [-0.2, -0.15) is 0 Å². The number of carbonyl (C=O) groups is 2. The number of nitrogens with one attached hydrogen (secondary N) is 1. The van der Waals surface area contributed by atoms with Crippen LogP contribution in [-0.4, -0.2) is 46.6 Å². The second kappa shape index (κ2) is 5.49. The van der Waals surface area contributed by atoms with E-state index in [1.54, 1.807) is 13.8 Å². The molecule has 1 aliphatic heterocycles. The molecular formula is C12H22N2O3. The van der Waals surface area contributed by atoms with Crippen molar-refractivity contribution in [1.82, 2.24) is 10.2 Å². The van der Waals surface area contributed by atoms with Crippen molar-refractivity contribution in [1.29, 1.82) is 0 Å². The summed E-state index contributed by atoms with van der Waals surface area (Å²) in [7, 11) is 0. The van der Waals surface area contributed by atoms with Crippen LogP contribution >= 0.6 is 0 Å². The molecule has 0 radical (unpaired) electrons. The van der Waals surface area contributed by atoms with Crippen LogP contribution in [0.25, 0.3) is 0 Å². The van der Waals surface area contributed by atoms with Crippen LogP contribution in [0.2, 0.25) is 0 Å². The fourth-order valence-electron chi connectivity index (χ4n) is 2.45. The molecular weight excluding hydrogens is 220 g/mol. The van der Waals surface area contributed by atoms with Gasteiger partial charge in [0.05, 0.1) is 0 Å². The Labute approximate surface area is 102 Å². The standard InChI is InChI=1S/C12H22N2O3/c1-4-14(12(2,3)11(16)17)9-6-5-7-13-10(15)8-9/h9H,4-8H2,1-3H3,(H,13,15)(H,16,17). The SMILES string of the molecule is CCN(C1CCCNC(=O)C1)C(C)(C)C(=O)O. The molecule has 1 amide bonds. The average Bonchev–Trinajstić information content (AvgIpc) is 2.43. The zero-order chi connectivity index (χ0) is 13.1. The van der Waals surface area contributed by atoms with Crippen LogP contribution < -0.4 is 5.32 Å². The molecule has 0 saturated carbocycles. The van der Waals surface area contributed by atoms with E-state index in [4.69, 9.17) is 0 Å². The molecule has 0 spiro atoms. The molecule has 0 aromatic heterocycles. The Hall–Kier alpha value is -1.10. The smallest absolute Gasteiger partial charge is 0.323 e. The van der Waals surface area contributed by atoms with Gasteiger partial charge in [-0.25, -0.2) is 0 Å². The predicted molar refractivity (Wildman–Crippen MR) is 64.7 cm³/mol. The Bertz CT molecular complexity index is 302. The van der Waals surface area contributed by atoms with Crippen LogP contribution in [0.3, 0.4) is 0 Å². The maximum absolute atomic E-state index is 11.5. The van der Waals surface area contributed by atoms with Crippen molar-refractivity contribution < 1.29 is 14.7 Å². The quantitative estimate of drug-likeness (QED) is 0.766. The number of carboxylic acid groups (broad SMARTS) is 1. The highest BCUT2D eigenvalue weighted by atomic mass is 16.4. The lowest BCUT2D eigenvalue weighted by Crippen LogP contribution is -2.55. The van der Waals surface area contributed by atoms with Gasteiger partial charge in [0.15, 0.2) is 0 Å². The maximum atomic E-state index is 11.5. The molecule has 0 bridgehead atoms. The van der Waals surface area contributed by atoms with Crippen molar-refractivity contribution in [2.45, 2.75) is 51.6 Å². The molecule has 0 aromatic rings. The number of likely N-dealkylation sites (N-methyl/N-ethyl adjacent to an activating group) is 1. The van der Waals surface area contributed by atoms with Gasteiger partial charge in [-0.1, -0.05) is 6.92 Å². The van der Waals surface area contributed by atoms with E-state index >= 15 is 0 Å². The van der Waals surface area contributed by atoms with Crippen LogP contribution in [0.15, 0.2) is 0 Å². The van der Waals surface area contributed by atoms with Crippen molar-refractivity contribution in [3.8, 4) is 0 Å². The Kier molecular flexibility index (Phi) is 4.51. The van der Waals surface area contributed by atoms with Crippen molar-refractivity contribution in [2.75, 3.05) is 13.1 Å². The Morgan fingerprint density at radius 2 is 2.24 bits per heavy atom. The molecule has 0 aliphatic carbocycles. The minimum absolute atomic E-state index is 0.0205. The third kappa shape index (κ3) is 3.19. The zero-order valence-corrected chi connectivity index (χ0v) is 10.8. The highest BCUT2D eigenvalue weighted by molar-refractivity contribution is 5.79. The number of carbonyl (C=O) groups excluding carboxylic acids is 1. The normalized spacial score (nSPS) is 22.1. The molecule has 1 fully saturated rings. The van der Waals surface area contributed by atoms with Crippen LogP contribution in [0.4, 0.5) is 0 Å². The summed E-state index contributed by atoms with van der Waals surface area (Å²) in [5.41, 5.74) is -0.927. The van der Waals surface area contributed by atoms with E-state index in [9.17, 15) is 14.7 Å². The van der Waals surface area contributed by atoms with E-state index in [1.165, 1.54) is 0 Å². The molecule has 1 saturated heterocycles. The van der Waals surface area contributed by atoms with Crippen LogP contribution in [0.1, 0.15) is 40.0 Å². The lowest BCUT2D eigenvalue weighted by atomic mass is 9.96. The second-order valence-corrected chi connectivity index (χ2v) is 5.00. The molecule has 1 heterocycles. The van der Waals surface area contributed by atoms with Gasteiger partial charge in [0, 0.05) is 19.0 Å². The summed E-state index contributed by atoms with van der Waals surface area (Å²) >= 11 is 0. The number of hydrogen-bond acceptors (Lipinski definition) is 3. The van der Waals surface area contributed by atoms with E-state index in [0.717, 1.165) is 12.8 Å². The van der Waals surface area contributed by atoms with Crippen LogP contribution in [-0.2, 0) is 9.59 Å². The van der Waals surface area contributed by atoms with Crippen molar-refractivity contribution in [2.24, 2.45) is 0 Å². The maximum Gasteiger partial charge on any atom is 0.323 e. The highest BCUT2D eigenvalue weighted by Crippen LogP contribution is 2.23. The lowest BCUT2D eigenvalue weighted by molar-refractivity contribution is -0.151. The van der Waals surface area contributed by atoms with E-state index < -0.39 is 11.5 Å².